The number of hydrogen-bond acceptors (Lipinski definition) is 4. The number of aliphatic imine (C=N–C) groups is 1. The Morgan fingerprint density at radius 2 is 1.93 bits per heavy atom. The third-order valence-electron chi connectivity index (χ3n) is 4.56. The first kappa shape index (κ1) is 23.7. The standard InChI is InChI=1S/C17H21F3N4O3S.HI/c1-21-16(22-11-14-10-12-4-2-3-5-15(12)27-14)23-13-6-8-24(9-7-13)28(25,26)17(18,19)20;/h2-5,10,13H,6-9,11H2,1H3,(H2,21,22,23);1H. The van der Waals surface area contributed by atoms with E-state index in [2.05, 4.69) is 15.6 Å². The van der Waals surface area contributed by atoms with Crippen molar-refractivity contribution in [3.8, 4) is 0 Å². The number of furan rings is 1. The zero-order valence-corrected chi connectivity index (χ0v) is 18.7. The summed E-state index contributed by atoms with van der Waals surface area (Å²) in [4.78, 5) is 4.10. The van der Waals surface area contributed by atoms with Gasteiger partial charge in [0.1, 0.15) is 11.3 Å². The van der Waals surface area contributed by atoms with Crippen molar-refractivity contribution < 1.29 is 26.0 Å². The number of halogens is 4. The maximum atomic E-state index is 12.6. The second-order valence-electron chi connectivity index (χ2n) is 6.44. The minimum Gasteiger partial charge on any atom is -0.459 e. The van der Waals surface area contributed by atoms with Crippen molar-refractivity contribution in [1.82, 2.24) is 14.9 Å². The van der Waals surface area contributed by atoms with E-state index in [0.717, 1.165) is 16.7 Å². The molecule has 3 rings (SSSR count). The molecule has 0 amide bonds. The lowest BCUT2D eigenvalue weighted by Crippen LogP contribution is -2.51. The highest BCUT2D eigenvalue weighted by atomic mass is 127. The van der Waals surface area contributed by atoms with Crippen molar-refractivity contribution >= 4 is 50.9 Å². The number of piperidine rings is 1. The third kappa shape index (κ3) is 5.54. The van der Waals surface area contributed by atoms with Gasteiger partial charge in [-0.2, -0.15) is 17.5 Å². The fourth-order valence-corrected chi connectivity index (χ4v) is 4.05. The van der Waals surface area contributed by atoms with Crippen LogP contribution in [0.2, 0.25) is 0 Å². The second-order valence-corrected chi connectivity index (χ2v) is 8.37. The van der Waals surface area contributed by atoms with E-state index in [9.17, 15) is 21.6 Å². The van der Waals surface area contributed by atoms with Gasteiger partial charge < -0.3 is 15.1 Å². The Balaban J connectivity index is 0.00000300. The SMILES string of the molecule is CN=C(NCc1cc2ccccc2o1)NC1CCN(S(=O)(=O)C(F)(F)F)CC1.I. The summed E-state index contributed by atoms with van der Waals surface area (Å²) in [7, 11) is -3.69. The van der Waals surface area contributed by atoms with Gasteiger partial charge in [0.2, 0.25) is 0 Å². The smallest absolute Gasteiger partial charge is 0.459 e. The Labute approximate surface area is 183 Å². The van der Waals surface area contributed by atoms with Gasteiger partial charge in [0.15, 0.2) is 5.96 Å². The van der Waals surface area contributed by atoms with E-state index in [4.69, 9.17) is 4.42 Å². The minimum atomic E-state index is -5.27. The molecular weight excluding hydrogens is 524 g/mol. The van der Waals surface area contributed by atoms with Crippen molar-refractivity contribution in [2.45, 2.75) is 30.9 Å². The van der Waals surface area contributed by atoms with Crippen LogP contribution in [0, 0.1) is 0 Å². The maximum absolute atomic E-state index is 12.6. The Hall–Kier alpha value is -1.54. The molecule has 162 valence electrons. The number of alkyl halides is 3. The fourth-order valence-electron chi connectivity index (χ4n) is 3.07. The summed E-state index contributed by atoms with van der Waals surface area (Å²) < 4.78 is 67.0. The molecule has 0 unspecified atom stereocenters. The van der Waals surface area contributed by atoms with Gasteiger partial charge >= 0.3 is 15.5 Å². The minimum absolute atomic E-state index is 0. The molecule has 0 radical (unpaired) electrons. The first-order valence-corrected chi connectivity index (χ1v) is 10.2. The summed E-state index contributed by atoms with van der Waals surface area (Å²) in [6, 6.07) is 9.35. The Kier molecular flexibility index (Phi) is 7.79. The van der Waals surface area contributed by atoms with Crippen molar-refractivity contribution in [1.29, 1.82) is 0 Å². The first-order valence-electron chi connectivity index (χ1n) is 8.72. The van der Waals surface area contributed by atoms with Crippen LogP contribution in [0.25, 0.3) is 11.0 Å². The van der Waals surface area contributed by atoms with Crippen LogP contribution in [0.3, 0.4) is 0 Å². The van der Waals surface area contributed by atoms with E-state index in [0.29, 0.717) is 16.8 Å². The lowest BCUT2D eigenvalue weighted by atomic mass is 10.1. The zero-order valence-electron chi connectivity index (χ0n) is 15.6. The third-order valence-corrected chi connectivity index (χ3v) is 6.19. The molecule has 12 heteroatoms. The van der Waals surface area contributed by atoms with Crippen LogP contribution in [0.4, 0.5) is 13.2 Å². The van der Waals surface area contributed by atoms with E-state index in [1.54, 1.807) is 7.05 Å². The van der Waals surface area contributed by atoms with Crippen molar-refractivity contribution in [2.24, 2.45) is 4.99 Å². The summed E-state index contributed by atoms with van der Waals surface area (Å²) >= 11 is 0. The van der Waals surface area contributed by atoms with Crippen molar-refractivity contribution in [3.63, 3.8) is 0 Å². The molecule has 0 atom stereocenters. The number of guanidine groups is 1. The summed E-state index contributed by atoms with van der Waals surface area (Å²) in [5, 5.41) is 7.19. The molecule has 1 aromatic heterocycles. The van der Waals surface area contributed by atoms with Crippen LogP contribution in [-0.4, -0.2) is 50.4 Å². The van der Waals surface area contributed by atoms with Crippen molar-refractivity contribution in [3.05, 3.63) is 36.1 Å². The van der Waals surface area contributed by atoms with Crippen LogP contribution in [0.1, 0.15) is 18.6 Å². The normalized spacial score (nSPS) is 17.2. The Morgan fingerprint density at radius 3 is 2.52 bits per heavy atom. The molecule has 1 aliphatic rings. The number of nitrogens with zero attached hydrogens (tertiary/aromatic N) is 2. The molecule has 2 aromatic rings. The largest absolute Gasteiger partial charge is 0.511 e. The molecule has 0 saturated carbocycles. The van der Waals surface area contributed by atoms with Crippen LogP contribution >= 0.6 is 24.0 Å². The van der Waals surface area contributed by atoms with Crippen LogP contribution in [0.5, 0.6) is 0 Å². The molecule has 7 nitrogen and oxygen atoms in total. The van der Waals surface area contributed by atoms with Gasteiger partial charge in [-0.05, 0) is 25.0 Å². The topological polar surface area (TPSA) is 86.9 Å². The molecule has 29 heavy (non-hydrogen) atoms. The van der Waals surface area contributed by atoms with Gasteiger partial charge in [-0.25, -0.2) is 8.42 Å². The number of sulfonamides is 1. The number of para-hydroxylation sites is 1. The van der Waals surface area contributed by atoms with E-state index in [1.807, 2.05) is 30.3 Å². The molecular formula is C17H22F3IN4O3S. The van der Waals surface area contributed by atoms with Gasteiger partial charge in [-0.3, -0.25) is 4.99 Å². The average Bonchev–Trinajstić information content (AvgIpc) is 3.07. The van der Waals surface area contributed by atoms with Gasteiger partial charge in [0.25, 0.3) is 0 Å². The highest BCUT2D eigenvalue weighted by molar-refractivity contribution is 14.0. The molecule has 1 saturated heterocycles. The van der Waals surface area contributed by atoms with Gasteiger partial charge in [-0.15, -0.1) is 24.0 Å². The first-order chi connectivity index (χ1) is 13.2. The monoisotopic (exact) mass is 546 g/mol. The van der Waals surface area contributed by atoms with Gasteiger partial charge in [-0.1, -0.05) is 18.2 Å². The van der Waals surface area contributed by atoms with E-state index in [-0.39, 0.29) is 55.9 Å². The van der Waals surface area contributed by atoms with E-state index in [1.165, 1.54) is 0 Å². The van der Waals surface area contributed by atoms with Crippen LogP contribution < -0.4 is 10.6 Å². The summed E-state index contributed by atoms with van der Waals surface area (Å²) in [5.41, 5.74) is -4.49. The quantitative estimate of drug-likeness (QED) is 0.350. The molecule has 1 aliphatic heterocycles. The predicted octanol–water partition coefficient (Wildman–Crippen LogP) is 3.03. The lowest BCUT2D eigenvalue weighted by Gasteiger charge is -2.32. The number of hydrogen-bond donors (Lipinski definition) is 2. The number of benzene rings is 1. The van der Waals surface area contributed by atoms with Gasteiger partial charge in [0, 0.05) is 31.6 Å². The second kappa shape index (κ2) is 9.51. The van der Waals surface area contributed by atoms with Crippen molar-refractivity contribution in [2.75, 3.05) is 20.1 Å². The highest BCUT2D eigenvalue weighted by Crippen LogP contribution is 2.29. The van der Waals surface area contributed by atoms with E-state index < -0.39 is 15.5 Å². The maximum Gasteiger partial charge on any atom is 0.511 e. The zero-order chi connectivity index (χ0) is 20.4. The molecule has 2 heterocycles. The molecule has 0 spiro atoms. The van der Waals surface area contributed by atoms with Crippen LogP contribution in [0.15, 0.2) is 39.7 Å². The molecule has 1 fully saturated rings. The van der Waals surface area contributed by atoms with Crippen LogP contribution in [-0.2, 0) is 16.6 Å². The molecule has 0 aliphatic carbocycles. The number of rotatable bonds is 4. The summed E-state index contributed by atoms with van der Waals surface area (Å²) in [5.74, 6) is 1.19. The fraction of sp³-hybridized carbons (Fsp3) is 0.471. The average molecular weight is 546 g/mol. The Bertz CT molecular complexity index is 921. The molecule has 0 bridgehead atoms. The molecule has 2 N–H and O–H groups in total. The van der Waals surface area contributed by atoms with E-state index >= 15 is 0 Å². The van der Waals surface area contributed by atoms with Gasteiger partial charge in [0.05, 0.1) is 6.54 Å². The summed E-state index contributed by atoms with van der Waals surface area (Å²) in [6.45, 7) is -0.00416. The molecule has 1 aromatic carbocycles. The Morgan fingerprint density at radius 1 is 1.28 bits per heavy atom. The number of fused-ring (bicyclic) bond motifs is 1. The summed E-state index contributed by atoms with van der Waals surface area (Å²) in [6.07, 6.45) is 0.501. The predicted molar refractivity (Wildman–Crippen MR) is 115 cm³/mol. The highest BCUT2D eigenvalue weighted by Gasteiger charge is 2.50. The number of nitrogens with one attached hydrogen (secondary N) is 2. The lowest BCUT2D eigenvalue weighted by molar-refractivity contribution is -0.0494.